The Balaban J connectivity index is 2.47. The molecule has 0 radical (unpaired) electrons. The Morgan fingerprint density at radius 1 is 0.850 bits per heavy atom. The van der Waals surface area contributed by atoms with Crippen molar-refractivity contribution in [2.45, 2.75) is 52.4 Å². The maximum absolute atomic E-state index is 4.77. The molecule has 1 aromatic heterocycles. The second-order valence-electron chi connectivity index (χ2n) is 7.37. The molecule has 0 fully saturated rings. The predicted octanol–water partition coefficient (Wildman–Crippen LogP) is 4.74. The first-order valence-corrected chi connectivity index (χ1v) is 7.11. The molecule has 1 heterocycles. The van der Waals surface area contributed by atoms with E-state index in [-0.39, 0.29) is 10.8 Å². The van der Waals surface area contributed by atoms with Crippen LogP contribution in [-0.4, -0.2) is 9.97 Å². The van der Waals surface area contributed by atoms with Crippen molar-refractivity contribution in [2.75, 3.05) is 0 Å². The molecule has 0 bridgehead atoms. The van der Waals surface area contributed by atoms with Gasteiger partial charge in [-0.3, -0.25) is 4.98 Å². The predicted molar refractivity (Wildman–Crippen MR) is 84.9 cm³/mol. The molecule has 0 aliphatic heterocycles. The molecule has 0 saturated carbocycles. The number of benzene rings is 1. The highest BCUT2D eigenvalue weighted by Gasteiger charge is 2.18. The third-order valence-corrected chi connectivity index (χ3v) is 3.43. The largest absolute Gasteiger partial charge is 0.261 e. The van der Waals surface area contributed by atoms with Gasteiger partial charge in [-0.2, -0.15) is 0 Å². The van der Waals surface area contributed by atoms with E-state index in [0.29, 0.717) is 0 Å². The maximum atomic E-state index is 4.77. The number of hydrogen-bond donors (Lipinski definition) is 0. The Morgan fingerprint density at radius 2 is 1.55 bits per heavy atom. The highest BCUT2D eigenvalue weighted by molar-refractivity contribution is 5.59. The van der Waals surface area contributed by atoms with E-state index in [0.717, 1.165) is 17.0 Å². The zero-order valence-electron chi connectivity index (χ0n) is 13.4. The second kappa shape index (κ2) is 5.01. The summed E-state index contributed by atoms with van der Waals surface area (Å²) in [6.45, 7) is 13.2. The summed E-state index contributed by atoms with van der Waals surface area (Å²) in [5.41, 5.74) is 4.59. The first-order chi connectivity index (χ1) is 9.18. The summed E-state index contributed by atoms with van der Waals surface area (Å²) < 4.78 is 0. The summed E-state index contributed by atoms with van der Waals surface area (Å²) in [7, 11) is 0. The van der Waals surface area contributed by atoms with Gasteiger partial charge >= 0.3 is 0 Å². The summed E-state index contributed by atoms with van der Waals surface area (Å²) in [4.78, 5) is 9.13. The lowest BCUT2D eigenvalue weighted by Gasteiger charge is -2.20. The molecule has 2 aromatic rings. The van der Waals surface area contributed by atoms with Crippen molar-refractivity contribution in [2.24, 2.45) is 0 Å². The minimum atomic E-state index is 0.0185. The third-order valence-electron chi connectivity index (χ3n) is 3.43. The van der Waals surface area contributed by atoms with Gasteiger partial charge in [0.05, 0.1) is 17.6 Å². The van der Waals surface area contributed by atoms with Gasteiger partial charge < -0.3 is 0 Å². The molecular formula is C18H24N2. The Morgan fingerprint density at radius 3 is 2.15 bits per heavy atom. The molecule has 0 amide bonds. The van der Waals surface area contributed by atoms with E-state index in [4.69, 9.17) is 4.98 Å². The average Bonchev–Trinajstić information content (AvgIpc) is 2.37. The van der Waals surface area contributed by atoms with Crippen molar-refractivity contribution in [3.05, 3.63) is 47.9 Å². The van der Waals surface area contributed by atoms with Crippen LogP contribution < -0.4 is 0 Å². The standard InChI is InChI=1S/C18H24N2/c1-17(2,3)14-9-7-8-13(10-14)15-11-19-12-16(20-15)18(4,5)6/h7-12H,1-6H3. The molecule has 0 aliphatic rings. The van der Waals surface area contributed by atoms with Gasteiger partial charge in [-0.25, -0.2) is 4.98 Å². The fourth-order valence-corrected chi connectivity index (χ4v) is 2.01. The van der Waals surface area contributed by atoms with Crippen molar-refractivity contribution in [1.82, 2.24) is 9.97 Å². The number of nitrogens with zero attached hydrogens (tertiary/aromatic N) is 2. The van der Waals surface area contributed by atoms with Crippen molar-refractivity contribution >= 4 is 0 Å². The van der Waals surface area contributed by atoms with Crippen LogP contribution >= 0.6 is 0 Å². The lowest BCUT2D eigenvalue weighted by molar-refractivity contribution is 0.566. The van der Waals surface area contributed by atoms with Crippen molar-refractivity contribution in [3.63, 3.8) is 0 Å². The van der Waals surface area contributed by atoms with E-state index in [2.05, 4.69) is 70.8 Å². The lowest BCUT2D eigenvalue weighted by Crippen LogP contribution is -2.14. The molecule has 0 saturated heterocycles. The molecule has 1 aromatic carbocycles. The Bertz CT molecular complexity index is 546. The normalized spacial score (nSPS) is 12.5. The number of aromatic nitrogens is 2. The fraction of sp³-hybridized carbons (Fsp3) is 0.444. The minimum absolute atomic E-state index is 0.0185. The smallest absolute Gasteiger partial charge is 0.0888 e. The lowest BCUT2D eigenvalue weighted by atomic mass is 9.86. The topological polar surface area (TPSA) is 25.8 Å². The average molecular weight is 268 g/mol. The van der Waals surface area contributed by atoms with E-state index in [1.54, 1.807) is 0 Å². The Kier molecular flexibility index (Phi) is 3.68. The molecule has 0 aliphatic carbocycles. The Labute approximate surface area is 122 Å². The van der Waals surface area contributed by atoms with Crippen molar-refractivity contribution < 1.29 is 0 Å². The van der Waals surface area contributed by atoms with E-state index in [1.165, 1.54) is 5.56 Å². The van der Waals surface area contributed by atoms with Crippen LogP contribution in [0, 0.1) is 0 Å². The van der Waals surface area contributed by atoms with Crippen LogP contribution in [0.1, 0.15) is 52.8 Å². The highest BCUT2D eigenvalue weighted by Crippen LogP contribution is 2.27. The molecule has 2 nitrogen and oxygen atoms in total. The van der Waals surface area contributed by atoms with Crippen LogP contribution in [0.15, 0.2) is 36.7 Å². The van der Waals surface area contributed by atoms with E-state index < -0.39 is 0 Å². The first-order valence-electron chi connectivity index (χ1n) is 7.11. The highest BCUT2D eigenvalue weighted by atomic mass is 14.8. The number of rotatable bonds is 1. The first kappa shape index (κ1) is 14.7. The summed E-state index contributed by atoms with van der Waals surface area (Å²) in [6.07, 6.45) is 3.70. The van der Waals surface area contributed by atoms with Gasteiger partial charge in [0.1, 0.15) is 0 Å². The van der Waals surface area contributed by atoms with Gasteiger partial charge in [0, 0.05) is 17.2 Å². The van der Waals surface area contributed by atoms with Crippen LogP contribution in [0.2, 0.25) is 0 Å². The summed E-state index contributed by atoms with van der Waals surface area (Å²) in [5, 5.41) is 0. The van der Waals surface area contributed by atoms with E-state index in [1.807, 2.05) is 12.4 Å². The van der Waals surface area contributed by atoms with Gasteiger partial charge in [-0.15, -0.1) is 0 Å². The van der Waals surface area contributed by atoms with Crippen molar-refractivity contribution in [1.29, 1.82) is 0 Å². The van der Waals surface area contributed by atoms with Crippen LogP contribution in [0.25, 0.3) is 11.3 Å². The van der Waals surface area contributed by atoms with Gasteiger partial charge in [-0.05, 0) is 17.0 Å². The minimum Gasteiger partial charge on any atom is -0.261 e. The van der Waals surface area contributed by atoms with Crippen LogP contribution in [0.3, 0.4) is 0 Å². The van der Waals surface area contributed by atoms with Gasteiger partial charge in [0.25, 0.3) is 0 Å². The van der Waals surface area contributed by atoms with Crippen LogP contribution in [0.4, 0.5) is 0 Å². The summed E-state index contributed by atoms with van der Waals surface area (Å²) in [6, 6.07) is 8.59. The zero-order valence-corrected chi connectivity index (χ0v) is 13.4. The third kappa shape index (κ3) is 3.24. The number of hydrogen-bond acceptors (Lipinski definition) is 2. The molecule has 2 heteroatoms. The molecule has 0 N–H and O–H groups in total. The quantitative estimate of drug-likeness (QED) is 0.746. The van der Waals surface area contributed by atoms with Gasteiger partial charge in [0.2, 0.25) is 0 Å². The molecule has 0 spiro atoms. The molecule has 0 unspecified atom stereocenters. The van der Waals surface area contributed by atoms with Gasteiger partial charge in [-0.1, -0.05) is 59.7 Å². The van der Waals surface area contributed by atoms with Crippen molar-refractivity contribution in [3.8, 4) is 11.3 Å². The molecule has 2 rings (SSSR count). The summed E-state index contributed by atoms with van der Waals surface area (Å²) >= 11 is 0. The van der Waals surface area contributed by atoms with E-state index >= 15 is 0 Å². The molecular weight excluding hydrogens is 244 g/mol. The fourth-order valence-electron chi connectivity index (χ4n) is 2.01. The molecule has 0 atom stereocenters. The second-order valence-corrected chi connectivity index (χ2v) is 7.37. The maximum Gasteiger partial charge on any atom is 0.0888 e. The van der Waals surface area contributed by atoms with Crippen LogP contribution in [0.5, 0.6) is 0 Å². The molecule has 20 heavy (non-hydrogen) atoms. The van der Waals surface area contributed by atoms with Gasteiger partial charge in [0.15, 0.2) is 0 Å². The SMILES string of the molecule is CC(C)(C)c1cccc(-c2cncc(C(C)(C)C)n2)c1. The van der Waals surface area contributed by atoms with E-state index in [9.17, 15) is 0 Å². The molecule has 106 valence electrons. The van der Waals surface area contributed by atoms with Crippen LogP contribution in [-0.2, 0) is 10.8 Å². The summed E-state index contributed by atoms with van der Waals surface area (Å²) in [5.74, 6) is 0. The zero-order chi connectivity index (χ0) is 15.0. The monoisotopic (exact) mass is 268 g/mol. The Hall–Kier alpha value is -1.70.